The predicted octanol–water partition coefficient (Wildman–Crippen LogP) is 3.40. The maximum atomic E-state index is 12.4. The van der Waals surface area contributed by atoms with E-state index in [-0.39, 0.29) is 35.7 Å². The summed E-state index contributed by atoms with van der Waals surface area (Å²) in [4.78, 5) is 24.2. The molecule has 0 radical (unpaired) electrons. The Balaban J connectivity index is 1.97. The summed E-state index contributed by atoms with van der Waals surface area (Å²) in [5.41, 5.74) is 6.66. The zero-order valence-corrected chi connectivity index (χ0v) is 18.9. The predicted molar refractivity (Wildman–Crippen MR) is 125 cm³/mol. The molecule has 178 valence electrons. The van der Waals surface area contributed by atoms with Gasteiger partial charge in [0.15, 0.2) is 5.82 Å². The van der Waals surface area contributed by atoms with Gasteiger partial charge in [0, 0.05) is 25.5 Å². The number of carbonyl (C=O) groups is 1. The van der Waals surface area contributed by atoms with Crippen molar-refractivity contribution in [3.63, 3.8) is 0 Å². The summed E-state index contributed by atoms with van der Waals surface area (Å²) in [6.07, 6.45) is 4.05. The van der Waals surface area contributed by atoms with Crippen LogP contribution < -0.4 is 26.4 Å². The number of aliphatic imine (C=N–C) groups is 1. The fourth-order valence-corrected chi connectivity index (χ4v) is 2.57. The third-order valence-corrected chi connectivity index (χ3v) is 4.21. The molecular formula is C21H26ClF2N7O2. The number of carbonyl (C=O) groups excluding carboxylic acids is 1. The quantitative estimate of drug-likeness (QED) is 0.342. The van der Waals surface area contributed by atoms with Gasteiger partial charge in [0.25, 0.3) is 0 Å². The summed E-state index contributed by atoms with van der Waals surface area (Å²) in [7, 11) is 0. The first kappa shape index (κ1) is 25.8. The Morgan fingerprint density at radius 3 is 2.85 bits per heavy atom. The normalized spacial score (nSPS) is 11.8. The summed E-state index contributed by atoms with van der Waals surface area (Å²) in [6, 6.07) is 6.26. The van der Waals surface area contributed by atoms with Crippen LogP contribution >= 0.6 is 11.6 Å². The number of nitrogens with one attached hydrogen (secondary N) is 3. The second kappa shape index (κ2) is 13.2. The van der Waals surface area contributed by atoms with Crippen LogP contribution in [0.2, 0.25) is 5.02 Å². The highest BCUT2D eigenvalue weighted by Gasteiger charge is 2.08. The molecule has 0 fully saturated rings. The Bertz CT molecular complexity index is 987. The second-order valence-corrected chi connectivity index (χ2v) is 7.59. The van der Waals surface area contributed by atoms with Crippen molar-refractivity contribution < 1.29 is 18.3 Å². The van der Waals surface area contributed by atoms with Crippen LogP contribution in [0.5, 0.6) is 5.75 Å². The van der Waals surface area contributed by atoms with Crippen LogP contribution in [-0.4, -0.2) is 41.8 Å². The van der Waals surface area contributed by atoms with E-state index in [0.29, 0.717) is 29.5 Å². The zero-order chi connectivity index (χ0) is 24.2. The van der Waals surface area contributed by atoms with E-state index >= 15 is 0 Å². The van der Waals surface area contributed by atoms with Crippen molar-refractivity contribution in [3.05, 3.63) is 52.9 Å². The summed E-state index contributed by atoms with van der Waals surface area (Å²) in [5, 5.41) is 8.92. The number of nitrogens with two attached hydrogens (primary N) is 1. The van der Waals surface area contributed by atoms with Crippen molar-refractivity contribution in [2.75, 3.05) is 23.7 Å². The third-order valence-electron chi connectivity index (χ3n) is 3.94. The minimum atomic E-state index is -2.90. The van der Waals surface area contributed by atoms with Gasteiger partial charge in [-0.3, -0.25) is 9.79 Å². The largest absolute Gasteiger partial charge is 0.435 e. The van der Waals surface area contributed by atoms with Crippen LogP contribution in [-0.2, 0) is 11.3 Å². The van der Waals surface area contributed by atoms with Gasteiger partial charge in [-0.1, -0.05) is 37.6 Å². The number of halogens is 3. The van der Waals surface area contributed by atoms with Gasteiger partial charge in [0.2, 0.25) is 11.9 Å². The van der Waals surface area contributed by atoms with Crippen LogP contribution in [0.3, 0.4) is 0 Å². The molecule has 33 heavy (non-hydrogen) atoms. The van der Waals surface area contributed by atoms with Crippen LogP contribution in [0.4, 0.5) is 20.5 Å². The Kier molecular flexibility index (Phi) is 10.3. The van der Waals surface area contributed by atoms with Crippen molar-refractivity contribution >= 4 is 35.5 Å². The fourth-order valence-electron chi connectivity index (χ4n) is 2.42. The van der Waals surface area contributed by atoms with E-state index in [2.05, 4.69) is 35.6 Å². The number of anilines is 2. The molecule has 0 aliphatic heterocycles. The van der Waals surface area contributed by atoms with Gasteiger partial charge < -0.3 is 26.4 Å². The Hall–Kier alpha value is -3.47. The standard InChI is InChI=1S/C21H26ClF2N7O2/c1-13(2)8-27-18(32)12-26-10-15(7-25)30-21-29-11-17(22)19(31-21)28-9-14-4-3-5-16(6-14)33-20(23)24/h3-7,10-11,13,20H,8-9,12,25H2,1-2H3,(H,27,32)(H2,28,29,30,31). The third kappa shape index (κ3) is 9.69. The Labute approximate surface area is 195 Å². The number of benzene rings is 1. The monoisotopic (exact) mass is 481 g/mol. The van der Waals surface area contributed by atoms with Gasteiger partial charge in [-0.05, 0) is 23.6 Å². The topological polar surface area (TPSA) is 127 Å². The maximum Gasteiger partial charge on any atom is 0.387 e. The molecule has 1 aromatic heterocycles. The van der Waals surface area contributed by atoms with Crippen LogP contribution in [0.1, 0.15) is 19.4 Å². The molecule has 0 saturated carbocycles. The van der Waals surface area contributed by atoms with E-state index in [4.69, 9.17) is 17.3 Å². The van der Waals surface area contributed by atoms with Gasteiger partial charge in [-0.25, -0.2) is 4.98 Å². The average molecular weight is 482 g/mol. The zero-order valence-electron chi connectivity index (χ0n) is 18.2. The molecule has 1 amide bonds. The molecule has 0 aliphatic carbocycles. The molecule has 0 saturated heterocycles. The molecule has 1 aromatic carbocycles. The number of alkyl halides is 2. The number of allylic oxidation sites excluding steroid dienone is 1. The van der Waals surface area contributed by atoms with Crippen LogP contribution in [0.15, 0.2) is 47.4 Å². The number of rotatable bonds is 12. The van der Waals surface area contributed by atoms with E-state index in [9.17, 15) is 13.6 Å². The molecule has 0 spiro atoms. The first-order chi connectivity index (χ1) is 15.8. The first-order valence-electron chi connectivity index (χ1n) is 10.0. The summed E-state index contributed by atoms with van der Waals surface area (Å²) in [6.45, 7) is 1.87. The van der Waals surface area contributed by atoms with Crippen molar-refractivity contribution in [1.82, 2.24) is 15.3 Å². The summed E-state index contributed by atoms with van der Waals surface area (Å²) >= 11 is 6.15. The lowest BCUT2D eigenvalue weighted by atomic mass is 10.2. The number of amides is 1. The van der Waals surface area contributed by atoms with Gasteiger partial charge >= 0.3 is 6.61 Å². The van der Waals surface area contributed by atoms with E-state index in [1.165, 1.54) is 30.7 Å². The smallest absolute Gasteiger partial charge is 0.387 e. The molecule has 0 bridgehead atoms. The van der Waals surface area contributed by atoms with E-state index in [1.807, 2.05) is 13.8 Å². The van der Waals surface area contributed by atoms with Gasteiger partial charge in [0.05, 0.1) is 11.9 Å². The first-order valence-corrected chi connectivity index (χ1v) is 10.4. The van der Waals surface area contributed by atoms with Gasteiger partial charge in [0.1, 0.15) is 17.3 Å². The molecule has 2 rings (SSSR count). The minimum absolute atomic E-state index is 0.0473. The van der Waals surface area contributed by atoms with Crippen molar-refractivity contribution in [1.29, 1.82) is 0 Å². The highest BCUT2D eigenvalue weighted by molar-refractivity contribution is 6.32. The molecule has 12 heteroatoms. The van der Waals surface area contributed by atoms with Gasteiger partial charge in [-0.15, -0.1) is 0 Å². The molecule has 5 N–H and O–H groups in total. The second-order valence-electron chi connectivity index (χ2n) is 7.18. The summed E-state index contributed by atoms with van der Waals surface area (Å²) < 4.78 is 29.2. The Morgan fingerprint density at radius 2 is 2.15 bits per heavy atom. The maximum absolute atomic E-state index is 12.4. The number of hydrogen-bond donors (Lipinski definition) is 4. The van der Waals surface area contributed by atoms with Crippen LogP contribution in [0, 0.1) is 5.92 Å². The van der Waals surface area contributed by atoms with Crippen molar-refractivity contribution in [3.8, 4) is 5.75 Å². The fraction of sp³-hybridized carbons (Fsp3) is 0.333. The summed E-state index contributed by atoms with van der Waals surface area (Å²) in [5.74, 6) is 0.697. The highest BCUT2D eigenvalue weighted by atomic mass is 35.5. The lowest BCUT2D eigenvalue weighted by Gasteiger charge is -2.11. The van der Waals surface area contributed by atoms with E-state index in [0.717, 1.165) is 0 Å². The van der Waals surface area contributed by atoms with E-state index < -0.39 is 6.61 Å². The number of nitrogens with zero attached hydrogens (tertiary/aromatic N) is 3. The van der Waals surface area contributed by atoms with Crippen LogP contribution in [0.25, 0.3) is 0 Å². The molecule has 0 atom stereocenters. The number of aromatic nitrogens is 2. The Morgan fingerprint density at radius 1 is 1.36 bits per heavy atom. The highest BCUT2D eigenvalue weighted by Crippen LogP contribution is 2.22. The lowest BCUT2D eigenvalue weighted by molar-refractivity contribution is -0.119. The lowest BCUT2D eigenvalue weighted by Crippen LogP contribution is -2.29. The molecule has 9 nitrogen and oxygen atoms in total. The molecule has 2 aromatic rings. The molecular weight excluding hydrogens is 456 g/mol. The molecule has 0 unspecified atom stereocenters. The van der Waals surface area contributed by atoms with Crippen molar-refractivity contribution in [2.24, 2.45) is 16.6 Å². The minimum Gasteiger partial charge on any atom is -0.435 e. The van der Waals surface area contributed by atoms with Gasteiger partial charge in [-0.2, -0.15) is 13.8 Å². The van der Waals surface area contributed by atoms with E-state index in [1.54, 1.807) is 12.1 Å². The molecule has 1 heterocycles. The number of ether oxygens (including phenoxy) is 1. The number of hydrogen-bond acceptors (Lipinski definition) is 8. The SMILES string of the molecule is CC(C)CNC(=O)CN=CC(=CN)Nc1ncc(Cl)c(NCc2cccc(OC(F)F)c2)n1. The molecule has 0 aliphatic rings. The average Bonchev–Trinajstić information content (AvgIpc) is 2.77. The van der Waals surface area contributed by atoms with Crippen molar-refractivity contribution in [2.45, 2.75) is 27.0 Å².